The molecule has 1 fully saturated rings. The van der Waals surface area contributed by atoms with Crippen molar-refractivity contribution in [2.24, 2.45) is 0 Å². The molecular formula is C17H28N2. The first-order chi connectivity index (χ1) is 9.29. The van der Waals surface area contributed by atoms with Gasteiger partial charge < -0.3 is 10.2 Å². The van der Waals surface area contributed by atoms with Crippen LogP contribution in [0.2, 0.25) is 0 Å². The minimum atomic E-state index is 0.617. The number of piperidine rings is 1. The van der Waals surface area contributed by atoms with E-state index < -0.39 is 0 Å². The molecule has 1 saturated heterocycles. The van der Waals surface area contributed by atoms with Gasteiger partial charge in [-0.15, -0.1) is 0 Å². The quantitative estimate of drug-likeness (QED) is 0.833. The van der Waals surface area contributed by atoms with Crippen LogP contribution in [-0.2, 0) is 6.54 Å². The van der Waals surface area contributed by atoms with E-state index in [4.69, 9.17) is 0 Å². The number of benzene rings is 1. The Morgan fingerprint density at radius 2 is 1.79 bits per heavy atom. The largest absolute Gasteiger partial charge is 0.372 e. The lowest BCUT2D eigenvalue weighted by molar-refractivity contribution is 0.508. The summed E-state index contributed by atoms with van der Waals surface area (Å²) < 4.78 is 0. The maximum absolute atomic E-state index is 3.59. The second kappa shape index (κ2) is 7.54. The maximum Gasteiger partial charge on any atom is 0.0366 e. The summed E-state index contributed by atoms with van der Waals surface area (Å²) in [5.74, 6) is 0. The second-order valence-electron chi connectivity index (χ2n) is 5.78. The van der Waals surface area contributed by atoms with E-state index in [2.05, 4.69) is 48.3 Å². The highest BCUT2D eigenvalue weighted by Crippen LogP contribution is 2.20. The van der Waals surface area contributed by atoms with Gasteiger partial charge in [0, 0.05) is 31.4 Å². The zero-order chi connectivity index (χ0) is 13.5. The van der Waals surface area contributed by atoms with Crippen molar-refractivity contribution in [2.75, 3.05) is 18.0 Å². The van der Waals surface area contributed by atoms with Crippen molar-refractivity contribution in [3.05, 3.63) is 29.8 Å². The molecular weight excluding hydrogens is 232 g/mol. The first kappa shape index (κ1) is 14.4. The molecule has 1 aromatic carbocycles. The Bertz CT molecular complexity index is 352. The van der Waals surface area contributed by atoms with Gasteiger partial charge in [-0.1, -0.05) is 25.5 Å². The minimum absolute atomic E-state index is 0.617. The molecule has 2 heteroatoms. The number of hydrogen-bond acceptors (Lipinski definition) is 2. The predicted octanol–water partition coefficient (Wildman–Crippen LogP) is 3.96. The van der Waals surface area contributed by atoms with E-state index in [1.54, 1.807) is 0 Å². The smallest absolute Gasteiger partial charge is 0.0366 e. The van der Waals surface area contributed by atoms with Gasteiger partial charge in [-0.25, -0.2) is 0 Å². The number of nitrogens with one attached hydrogen (secondary N) is 1. The van der Waals surface area contributed by atoms with Crippen LogP contribution in [0.3, 0.4) is 0 Å². The first-order valence-electron chi connectivity index (χ1n) is 7.87. The minimum Gasteiger partial charge on any atom is -0.372 e. The molecule has 1 unspecified atom stereocenters. The zero-order valence-corrected chi connectivity index (χ0v) is 12.5. The van der Waals surface area contributed by atoms with Crippen LogP contribution in [0.5, 0.6) is 0 Å². The fraction of sp³-hybridized carbons (Fsp3) is 0.647. The van der Waals surface area contributed by atoms with Gasteiger partial charge in [0.05, 0.1) is 0 Å². The first-order valence-corrected chi connectivity index (χ1v) is 7.87. The summed E-state index contributed by atoms with van der Waals surface area (Å²) in [6.07, 6.45) is 6.59. The van der Waals surface area contributed by atoms with E-state index in [0.717, 1.165) is 6.54 Å². The maximum atomic E-state index is 3.59. The Balaban J connectivity index is 1.83. The van der Waals surface area contributed by atoms with Crippen LogP contribution in [0, 0.1) is 0 Å². The second-order valence-corrected chi connectivity index (χ2v) is 5.78. The van der Waals surface area contributed by atoms with Crippen LogP contribution in [-0.4, -0.2) is 19.1 Å². The highest BCUT2D eigenvalue weighted by molar-refractivity contribution is 5.47. The normalized spacial score (nSPS) is 17.5. The molecule has 1 aromatic rings. The van der Waals surface area contributed by atoms with E-state index >= 15 is 0 Å². The summed E-state index contributed by atoms with van der Waals surface area (Å²) in [5.41, 5.74) is 2.79. The number of nitrogens with zero attached hydrogens (tertiary/aromatic N) is 1. The van der Waals surface area contributed by atoms with Crippen LogP contribution < -0.4 is 10.2 Å². The van der Waals surface area contributed by atoms with Gasteiger partial charge in [0.25, 0.3) is 0 Å². The van der Waals surface area contributed by atoms with Gasteiger partial charge in [-0.3, -0.25) is 0 Å². The molecule has 0 radical (unpaired) electrons. The highest BCUT2D eigenvalue weighted by atomic mass is 15.1. The Kier molecular flexibility index (Phi) is 5.71. The molecule has 0 saturated carbocycles. The summed E-state index contributed by atoms with van der Waals surface area (Å²) in [7, 11) is 0. The molecule has 2 rings (SSSR count). The molecule has 1 aliphatic rings. The topological polar surface area (TPSA) is 15.3 Å². The Hall–Kier alpha value is -1.02. The van der Waals surface area contributed by atoms with Crippen molar-refractivity contribution in [2.45, 2.75) is 58.5 Å². The van der Waals surface area contributed by atoms with E-state index in [9.17, 15) is 0 Å². The summed E-state index contributed by atoms with van der Waals surface area (Å²) in [6, 6.07) is 9.73. The average molecular weight is 260 g/mol. The molecule has 2 nitrogen and oxygen atoms in total. The third-order valence-electron chi connectivity index (χ3n) is 4.03. The summed E-state index contributed by atoms with van der Waals surface area (Å²) in [4.78, 5) is 2.51. The van der Waals surface area contributed by atoms with Crippen LogP contribution in [0.25, 0.3) is 0 Å². The predicted molar refractivity (Wildman–Crippen MR) is 83.7 cm³/mol. The number of hydrogen-bond donors (Lipinski definition) is 1. The van der Waals surface area contributed by atoms with Crippen molar-refractivity contribution in [1.82, 2.24) is 5.32 Å². The lowest BCUT2D eigenvalue weighted by atomic mass is 10.1. The van der Waals surface area contributed by atoms with Crippen LogP contribution in [0.1, 0.15) is 51.5 Å². The van der Waals surface area contributed by atoms with Crippen LogP contribution in [0.15, 0.2) is 24.3 Å². The lowest BCUT2D eigenvalue weighted by Gasteiger charge is -2.28. The van der Waals surface area contributed by atoms with Crippen molar-refractivity contribution in [1.29, 1.82) is 0 Å². The summed E-state index contributed by atoms with van der Waals surface area (Å²) in [6.45, 7) is 7.95. The summed E-state index contributed by atoms with van der Waals surface area (Å²) >= 11 is 0. The van der Waals surface area contributed by atoms with E-state index in [1.165, 1.54) is 56.4 Å². The zero-order valence-electron chi connectivity index (χ0n) is 12.5. The van der Waals surface area contributed by atoms with Gasteiger partial charge in [-0.05, 0) is 50.3 Å². The van der Waals surface area contributed by atoms with E-state index in [-0.39, 0.29) is 0 Å². The van der Waals surface area contributed by atoms with Gasteiger partial charge in [-0.2, -0.15) is 0 Å². The Morgan fingerprint density at radius 3 is 2.42 bits per heavy atom. The molecule has 106 valence electrons. The molecule has 0 spiro atoms. The van der Waals surface area contributed by atoms with Crippen molar-refractivity contribution < 1.29 is 0 Å². The molecule has 0 bridgehead atoms. The third kappa shape index (κ3) is 4.54. The molecule has 1 heterocycles. The Labute approximate surface area is 118 Å². The van der Waals surface area contributed by atoms with Gasteiger partial charge in [0.15, 0.2) is 0 Å². The Morgan fingerprint density at radius 1 is 1.11 bits per heavy atom. The van der Waals surface area contributed by atoms with Gasteiger partial charge in [0.1, 0.15) is 0 Å². The van der Waals surface area contributed by atoms with Crippen molar-refractivity contribution >= 4 is 5.69 Å². The van der Waals surface area contributed by atoms with Gasteiger partial charge in [0.2, 0.25) is 0 Å². The van der Waals surface area contributed by atoms with Crippen LogP contribution >= 0.6 is 0 Å². The number of anilines is 1. The van der Waals surface area contributed by atoms with E-state index in [1.807, 2.05) is 0 Å². The van der Waals surface area contributed by atoms with Gasteiger partial charge >= 0.3 is 0 Å². The molecule has 19 heavy (non-hydrogen) atoms. The molecule has 1 N–H and O–H groups in total. The summed E-state index contributed by atoms with van der Waals surface area (Å²) in [5, 5.41) is 3.59. The van der Waals surface area contributed by atoms with Crippen molar-refractivity contribution in [3.8, 4) is 0 Å². The SMILES string of the molecule is CCCC(C)NCc1ccc(N2CCCCC2)cc1. The number of rotatable bonds is 6. The average Bonchev–Trinajstić information content (AvgIpc) is 2.47. The van der Waals surface area contributed by atoms with E-state index in [0.29, 0.717) is 6.04 Å². The molecule has 0 amide bonds. The molecule has 0 aliphatic carbocycles. The van der Waals surface area contributed by atoms with Crippen molar-refractivity contribution in [3.63, 3.8) is 0 Å². The third-order valence-corrected chi connectivity index (χ3v) is 4.03. The lowest BCUT2D eigenvalue weighted by Crippen LogP contribution is -2.29. The standard InChI is InChI=1S/C17H28N2/c1-3-7-15(2)18-14-16-8-10-17(11-9-16)19-12-5-4-6-13-19/h8-11,15,18H,3-7,12-14H2,1-2H3. The van der Waals surface area contributed by atoms with Crippen LogP contribution in [0.4, 0.5) is 5.69 Å². The molecule has 1 atom stereocenters. The fourth-order valence-electron chi connectivity index (χ4n) is 2.80. The monoisotopic (exact) mass is 260 g/mol. The molecule has 1 aliphatic heterocycles. The molecule has 0 aromatic heterocycles. The fourth-order valence-corrected chi connectivity index (χ4v) is 2.80. The highest BCUT2D eigenvalue weighted by Gasteiger charge is 2.10.